The fourth-order valence-electron chi connectivity index (χ4n) is 2.25. The standard InChI is InChI=1S/C16H12BrCl3N2OS/c17-15-5-10(16(20)24-15)8-23-14(7-22-4-3-21-9-22)12-2-1-11(18)6-13(12)19/h1-6,9,14H,7-8H2. The normalized spacial score (nSPS) is 12.5. The molecule has 0 aliphatic heterocycles. The lowest BCUT2D eigenvalue weighted by molar-refractivity contribution is 0.0282. The Kier molecular flexibility index (Phi) is 6.24. The molecular formula is C16H12BrCl3N2OS. The zero-order valence-corrected chi connectivity index (χ0v) is 16.9. The smallest absolute Gasteiger partial charge is 0.102 e. The van der Waals surface area contributed by atoms with Crippen molar-refractivity contribution in [2.45, 2.75) is 19.3 Å². The fraction of sp³-hybridized carbons (Fsp3) is 0.188. The second-order valence-corrected chi connectivity index (χ2v) is 8.95. The van der Waals surface area contributed by atoms with E-state index in [1.807, 2.05) is 22.9 Å². The molecule has 2 heterocycles. The maximum atomic E-state index is 6.36. The van der Waals surface area contributed by atoms with E-state index >= 15 is 0 Å². The van der Waals surface area contributed by atoms with Gasteiger partial charge in [0.15, 0.2) is 0 Å². The summed E-state index contributed by atoms with van der Waals surface area (Å²) in [5, 5.41) is 1.17. The van der Waals surface area contributed by atoms with Gasteiger partial charge >= 0.3 is 0 Å². The molecule has 0 aliphatic carbocycles. The van der Waals surface area contributed by atoms with Crippen LogP contribution in [0.5, 0.6) is 0 Å². The van der Waals surface area contributed by atoms with Gasteiger partial charge in [0.25, 0.3) is 0 Å². The molecule has 1 unspecified atom stereocenters. The molecule has 0 amide bonds. The van der Waals surface area contributed by atoms with Gasteiger partial charge < -0.3 is 9.30 Å². The minimum Gasteiger partial charge on any atom is -0.367 e. The first-order chi connectivity index (χ1) is 11.5. The van der Waals surface area contributed by atoms with E-state index in [1.54, 1.807) is 24.7 Å². The lowest BCUT2D eigenvalue weighted by atomic mass is 10.1. The average Bonchev–Trinajstić information content (AvgIpc) is 3.13. The summed E-state index contributed by atoms with van der Waals surface area (Å²) < 4.78 is 9.76. The first-order valence-corrected chi connectivity index (χ1v) is 9.73. The highest BCUT2D eigenvalue weighted by molar-refractivity contribution is 9.11. The van der Waals surface area contributed by atoms with Crippen molar-refractivity contribution in [1.29, 1.82) is 0 Å². The van der Waals surface area contributed by atoms with Crippen LogP contribution in [0.1, 0.15) is 17.2 Å². The summed E-state index contributed by atoms with van der Waals surface area (Å²) in [4.78, 5) is 4.07. The monoisotopic (exact) mass is 464 g/mol. The van der Waals surface area contributed by atoms with E-state index in [0.717, 1.165) is 14.9 Å². The molecule has 0 aliphatic rings. The van der Waals surface area contributed by atoms with E-state index in [-0.39, 0.29) is 6.10 Å². The van der Waals surface area contributed by atoms with Crippen LogP contribution in [0.15, 0.2) is 46.8 Å². The molecule has 8 heteroatoms. The Morgan fingerprint density at radius 2 is 2.08 bits per heavy atom. The highest BCUT2D eigenvalue weighted by Gasteiger charge is 2.18. The SMILES string of the molecule is Clc1ccc(C(Cn2ccnc2)OCc2cc(Br)sc2Cl)c(Cl)c1. The number of halogens is 4. The number of nitrogens with zero attached hydrogens (tertiary/aromatic N) is 2. The zero-order valence-electron chi connectivity index (χ0n) is 12.3. The van der Waals surface area contributed by atoms with Crippen LogP contribution in [0.2, 0.25) is 14.4 Å². The van der Waals surface area contributed by atoms with Crippen molar-refractivity contribution >= 4 is 62.1 Å². The van der Waals surface area contributed by atoms with Crippen molar-refractivity contribution in [3.63, 3.8) is 0 Å². The summed E-state index contributed by atoms with van der Waals surface area (Å²) in [6, 6.07) is 7.38. The number of aromatic nitrogens is 2. The van der Waals surface area contributed by atoms with Gasteiger partial charge in [0.2, 0.25) is 0 Å². The number of ether oxygens (including phenoxy) is 1. The van der Waals surface area contributed by atoms with Gasteiger partial charge in [-0.2, -0.15) is 0 Å². The minimum absolute atomic E-state index is 0.251. The first-order valence-electron chi connectivity index (χ1n) is 6.99. The summed E-state index contributed by atoms with van der Waals surface area (Å²) in [6.07, 6.45) is 5.11. The van der Waals surface area contributed by atoms with Crippen molar-refractivity contribution < 1.29 is 4.74 Å². The first kappa shape index (κ1) is 18.2. The Balaban J connectivity index is 1.82. The molecule has 0 N–H and O–H groups in total. The molecular weight excluding hydrogens is 455 g/mol. The third-order valence-electron chi connectivity index (χ3n) is 3.41. The third-order valence-corrected chi connectivity index (χ3v) is 5.92. The quantitative estimate of drug-likeness (QED) is 0.408. The Morgan fingerprint density at radius 1 is 1.25 bits per heavy atom. The molecule has 24 heavy (non-hydrogen) atoms. The topological polar surface area (TPSA) is 27.1 Å². The average molecular weight is 467 g/mol. The van der Waals surface area contributed by atoms with Gasteiger partial charge in [-0.1, -0.05) is 40.9 Å². The summed E-state index contributed by atoms with van der Waals surface area (Å²) >= 11 is 23.5. The molecule has 126 valence electrons. The number of imidazole rings is 1. The van der Waals surface area contributed by atoms with Gasteiger partial charge in [0, 0.05) is 33.6 Å². The number of rotatable bonds is 6. The second-order valence-electron chi connectivity index (χ2n) is 5.07. The predicted octanol–water partition coefficient (Wildman–Crippen LogP) is 6.63. The summed E-state index contributed by atoms with van der Waals surface area (Å²) in [7, 11) is 0. The van der Waals surface area contributed by atoms with E-state index in [4.69, 9.17) is 39.5 Å². The van der Waals surface area contributed by atoms with Crippen LogP contribution in [-0.4, -0.2) is 9.55 Å². The van der Waals surface area contributed by atoms with Crippen molar-refractivity contribution in [3.8, 4) is 0 Å². The van der Waals surface area contributed by atoms with Crippen LogP contribution in [-0.2, 0) is 17.9 Å². The number of thiophene rings is 1. The lowest BCUT2D eigenvalue weighted by Gasteiger charge is -2.20. The van der Waals surface area contributed by atoms with E-state index in [1.165, 1.54) is 11.3 Å². The van der Waals surface area contributed by atoms with Crippen LogP contribution in [0, 0.1) is 0 Å². The highest BCUT2D eigenvalue weighted by Crippen LogP contribution is 2.34. The Morgan fingerprint density at radius 3 is 2.71 bits per heavy atom. The summed E-state index contributed by atoms with van der Waals surface area (Å²) in [5.74, 6) is 0. The van der Waals surface area contributed by atoms with Gasteiger partial charge in [-0.25, -0.2) is 4.98 Å². The number of hydrogen-bond acceptors (Lipinski definition) is 3. The fourth-order valence-corrected chi connectivity index (χ4v) is 4.80. The third kappa shape index (κ3) is 4.54. The van der Waals surface area contributed by atoms with Crippen molar-refractivity contribution in [2.75, 3.05) is 0 Å². The van der Waals surface area contributed by atoms with E-state index in [2.05, 4.69) is 20.9 Å². The molecule has 3 aromatic rings. The number of benzene rings is 1. The van der Waals surface area contributed by atoms with Crippen molar-refractivity contribution in [2.24, 2.45) is 0 Å². The van der Waals surface area contributed by atoms with E-state index in [0.29, 0.717) is 27.5 Å². The molecule has 1 atom stereocenters. The summed E-state index contributed by atoms with van der Waals surface area (Å²) in [5.41, 5.74) is 1.81. The number of hydrogen-bond donors (Lipinski definition) is 0. The molecule has 1 aromatic carbocycles. The molecule has 0 bridgehead atoms. The zero-order chi connectivity index (χ0) is 17.1. The summed E-state index contributed by atoms with van der Waals surface area (Å²) in [6.45, 7) is 0.976. The molecule has 3 nitrogen and oxygen atoms in total. The molecule has 0 spiro atoms. The molecule has 3 rings (SSSR count). The Bertz CT molecular complexity index is 823. The lowest BCUT2D eigenvalue weighted by Crippen LogP contribution is -2.12. The highest BCUT2D eigenvalue weighted by atomic mass is 79.9. The maximum Gasteiger partial charge on any atom is 0.102 e. The molecule has 0 saturated carbocycles. The Hall–Kier alpha value is -0.560. The van der Waals surface area contributed by atoms with Gasteiger partial charge in [-0.05, 0) is 34.1 Å². The minimum atomic E-state index is -0.251. The van der Waals surface area contributed by atoms with Gasteiger partial charge in [-0.3, -0.25) is 0 Å². The van der Waals surface area contributed by atoms with Crippen LogP contribution in [0.3, 0.4) is 0 Å². The molecule has 0 saturated heterocycles. The van der Waals surface area contributed by atoms with Gasteiger partial charge in [0.1, 0.15) is 6.10 Å². The van der Waals surface area contributed by atoms with E-state index in [9.17, 15) is 0 Å². The predicted molar refractivity (Wildman–Crippen MR) is 103 cm³/mol. The second kappa shape index (κ2) is 8.21. The van der Waals surface area contributed by atoms with Crippen LogP contribution < -0.4 is 0 Å². The van der Waals surface area contributed by atoms with Crippen molar-refractivity contribution in [1.82, 2.24) is 9.55 Å². The Labute approximate surface area is 167 Å². The van der Waals surface area contributed by atoms with Crippen LogP contribution in [0.4, 0.5) is 0 Å². The van der Waals surface area contributed by atoms with Crippen molar-refractivity contribution in [3.05, 3.63) is 72.3 Å². The van der Waals surface area contributed by atoms with Crippen LogP contribution in [0.25, 0.3) is 0 Å². The molecule has 0 fully saturated rings. The maximum absolute atomic E-state index is 6.36. The largest absolute Gasteiger partial charge is 0.367 e. The van der Waals surface area contributed by atoms with Gasteiger partial charge in [0.05, 0.1) is 27.6 Å². The van der Waals surface area contributed by atoms with Gasteiger partial charge in [-0.15, -0.1) is 11.3 Å². The van der Waals surface area contributed by atoms with E-state index < -0.39 is 0 Å². The van der Waals surface area contributed by atoms with Crippen LogP contribution >= 0.6 is 62.1 Å². The molecule has 2 aromatic heterocycles. The molecule has 0 radical (unpaired) electrons.